The summed E-state index contributed by atoms with van der Waals surface area (Å²) in [6.45, 7) is 3.57. The molecule has 1 atom stereocenters. The number of hydrogen-bond donors (Lipinski definition) is 0. The summed E-state index contributed by atoms with van der Waals surface area (Å²) in [5.74, 6) is 0.154. The zero-order valence-electron chi connectivity index (χ0n) is 13.8. The quantitative estimate of drug-likeness (QED) is 0.810. The SMILES string of the molecule is O=C(c1cnn2c1CCC2)N1Cc2ccccc2N2CCC[C@@H]2C1. The van der Waals surface area contributed by atoms with Gasteiger partial charge in [0.25, 0.3) is 5.91 Å². The molecule has 5 heteroatoms. The molecule has 0 spiro atoms. The third kappa shape index (κ3) is 2.07. The lowest BCUT2D eigenvalue weighted by molar-refractivity contribution is 0.0737. The standard InChI is InChI=1S/C19H22N4O/c24-19(16-11-20-23-10-4-8-18(16)23)21-12-14-5-1-2-7-17(14)22-9-3-6-15(22)13-21/h1-2,5,7,11,15H,3-4,6,8-10,12-13H2/t15-/m1/s1. The molecule has 3 aliphatic rings. The van der Waals surface area contributed by atoms with Crippen molar-refractivity contribution in [2.45, 2.75) is 44.8 Å². The largest absolute Gasteiger partial charge is 0.366 e. The van der Waals surface area contributed by atoms with Gasteiger partial charge in [-0.1, -0.05) is 18.2 Å². The molecule has 5 nitrogen and oxygen atoms in total. The van der Waals surface area contributed by atoms with Gasteiger partial charge in [0, 0.05) is 37.9 Å². The van der Waals surface area contributed by atoms with Crippen LogP contribution in [0.25, 0.3) is 0 Å². The van der Waals surface area contributed by atoms with Crippen LogP contribution in [-0.2, 0) is 19.5 Å². The Morgan fingerprint density at radius 3 is 3.04 bits per heavy atom. The number of nitrogens with zero attached hydrogens (tertiary/aromatic N) is 4. The molecule has 5 rings (SSSR count). The summed E-state index contributed by atoms with van der Waals surface area (Å²) in [6.07, 6.45) is 6.23. The summed E-state index contributed by atoms with van der Waals surface area (Å²) in [7, 11) is 0. The van der Waals surface area contributed by atoms with Crippen LogP contribution in [0, 0.1) is 0 Å². The Labute approximate surface area is 141 Å². The van der Waals surface area contributed by atoms with Crippen LogP contribution < -0.4 is 4.90 Å². The molecule has 0 unspecified atom stereocenters. The number of rotatable bonds is 1. The second kappa shape index (κ2) is 5.36. The van der Waals surface area contributed by atoms with E-state index in [1.165, 1.54) is 24.1 Å². The second-order valence-corrected chi connectivity index (χ2v) is 7.14. The zero-order chi connectivity index (χ0) is 16.1. The number of aryl methyl sites for hydroxylation is 1. The van der Waals surface area contributed by atoms with Gasteiger partial charge in [-0.05, 0) is 37.3 Å². The van der Waals surface area contributed by atoms with Gasteiger partial charge in [-0.15, -0.1) is 0 Å². The molecule has 24 heavy (non-hydrogen) atoms. The van der Waals surface area contributed by atoms with Gasteiger partial charge in [-0.2, -0.15) is 5.10 Å². The zero-order valence-corrected chi connectivity index (χ0v) is 13.8. The van der Waals surface area contributed by atoms with E-state index in [0.717, 1.165) is 43.7 Å². The molecule has 1 amide bonds. The van der Waals surface area contributed by atoms with Crippen molar-refractivity contribution in [3.05, 3.63) is 47.3 Å². The van der Waals surface area contributed by atoms with Crippen LogP contribution in [0.2, 0.25) is 0 Å². The highest BCUT2D eigenvalue weighted by atomic mass is 16.2. The summed E-state index contributed by atoms with van der Waals surface area (Å²) in [5.41, 5.74) is 4.52. The molecule has 2 aromatic rings. The van der Waals surface area contributed by atoms with Crippen LogP contribution in [0.5, 0.6) is 0 Å². The Morgan fingerprint density at radius 1 is 1.17 bits per heavy atom. The predicted octanol–water partition coefficient (Wildman–Crippen LogP) is 2.45. The molecule has 0 bridgehead atoms. The minimum absolute atomic E-state index is 0.154. The number of anilines is 1. The fourth-order valence-electron chi connectivity index (χ4n) is 4.56. The molecule has 1 fully saturated rings. The van der Waals surface area contributed by atoms with Crippen molar-refractivity contribution >= 4 is 11.6 Å². The topological polar surface area (TPSA) is 41.4 Å². The Bertz CT molecular complexity index is 796. The highest BCUT2D eigenvalue weighted by molar-refractivity contribution is 5.95. The van der Waals surface area contributed by atoms with Crippen molar-refractivity contribution in [1.82, 2.24) is 14.7 Å². The first-order chi connectivity index (χ1) is 11.8. The molecular weight excluding hydrogens is 300 g/mol. The lowest BCUT2D eigenvalue weighted by atomic mass is 10.1. The maximum absolute atomic E-state index is 13.2. The number of carbonyl (C=O) groups excluding carboxylic acids is 1. The van der Waals surface area contributed by atoms with Crippen LogP contribution >= 0.6 is 0 Å². The molecule has 124 valence electrons. The van der Waals surface area contributed by atoms with Crippen molar-refractivity contribution in [3.8, 4) is 0 Å². The smallest absolute Gasteiger partial charge is 0.257 e. The van der Waals surface area contributed by atoms with E-state index in [1.54, 1.807) is 6.20 Å². The van der Waals surface area contributed by atoms with E-state index in [2.05, 4.69) is 34.3 Å². The van der Waals surface area contributed by atoms with Gasteiger partial charge in [0.2, 0.25) is 0 Å². The Kier molecular flexibility index (Phi) is 3.15. The molecule has 1 saturated heterocycles. The van der Waals surface area contributed by atoms with Gasteiger partial charge in [-0.3, -0.25) is 9.48 Å². The van der Waals surface area contributed by atoms with Gasteiger partial charge < -0.3 is 9.80 Å². The first-order valence-corrected chi connectivity index (χ1v) is 9.00. The molecule has 0 saturated carbocycles. The average Bonchev–Trinajstić information content (AvgIpc) is 3.29. The van der Waals surface area contributed by atoms with E-state index in [9.17, 15) is 4.79 Å². The molecule has 0 N–H and O–H groups in total. The molecule has 1 aromatic carbocycles. The summed E-state index contributed by atoms with van der Waals surface area (Å²) < 4.78 is 2.00. The van der Waals surface area contributed by atoms with Crippen LogP contribution in [0.4, 0.5) is 5.69 Å². The summed E-state index contributed by atoms with van der Waals surface area (Å²) in [4.78, 5) is 17.8. The first-order valence-electron chi connectivity index (χ1n) is 9.00. The van der Waals surface area contributed by atoms with Crippen molar-refractivity contribution in [3.63, 3.8) is 0 Å². The average molecular weight is 322 g/mol. The van der Waals surface area contributed by atoms with Gasteiger partial charge in [0.05, 0.1) is 17.5 Å². The number of amides is 1. The number of para-hydroxylation sites is 1. The van der Waals surface area contributed by atoms with Crippen molar-refractivity contribution in [2.75, 3.05) is 18.0 Å². The normalized spacial score (nSPS) is 22.1. The van der Waals surface area contributed by atoms with E-state index in [4.69, 9.17) is 0 Å². The summed E-state index contributed by atoms with van der Waals surface area (Å²) >= 11 is 0. The molecule has 0 aliphatic carbocycles. The van der Waals surface area contributed by atoms with Crippen molar-refractivity contribution in [1.29, 1.82) is 0 Å². The minimum atomic E-state index is 0.154. The number of fused-ring (bicyclic) bond motifs is 4. The third-order valence-corrected chi connectivity index (χ3v) is 5.72. The van der Waals surface area contributed by atoms with E-state index in [0.29, 0.717) is 12.6 Å². The summed E-state index contributed by atoms with van der Waals surface area (Å²) in [5, 5.41) is 4.41. The van der Waals surface area contributed by atoms with Crippen LogP contribution in [0.3, 0.4) is 0 Å². The predicted molar refractivity (Wildman–Crippen MR) is 92.1 cm³/mol. The lowest BCUT2D eigenvalue weighted by Crippen LogP contribution is -2.40. The number of carbonyl (C=O) groups is 1. The number of aromatic nitrogens is 2. The first kappa shape index (κ1) is 14.1. The highest BCUT2D eigenvalue weighted by Crippen LogP contribution is 2.33. The lowest BCUT2D eigenvalue weighted by Gasteiger charge is -2.27. The Balaban J connectivity index is 1.51. The van der Waals surface area contributed by atoms with Gasteiger partial charge in [-0.25, -0.2) is 0 Å². The van der Waals surface area contributed by atoms with Crippen molar-refractivity contribution < 1.29 is 4.79 Å². The van der Waals surface area contributed by atoms with Gasteiger partial charge in [0.1, 0.15) is 0 Å². The number of hydrogen-bond acceptors (Lipinski definition) is 3. The minimum Gasteiger partial charge on any atom is -0.366 e. The Hall–Kier alpha value is -2.30. The molecule has 1 aromatic heterocycles. The Morgan fingerprint density at radius 2 is 2.08 bits per heavy atom. The van der Waals surface area contributed by atoms with E-state index < -0.39 is 0 Å². The second-order valence-electron chi connectivity index (χ2n) is 7.14. The van der Waals surface area contributed by atoms with E-state index >= 15 is 0 Å². The molecule has 0 radical (unpaired) electrons. The number of benzene rings is 1. The fraction of sp³-hybridized carbons (Fsp3) is 0.474. The summed E-state index contributed by atoms with van der Waals surface area (Å²) in [6, 6.07) is 9.00. The van der Waals surface area contributed by atoms with Crippen LogP contribution in [0.1, 0.15) is 40.9 Å². The monoisotopic (exact) mass is 322 g/mol. The van der Waals surface area contributed by atoms with Crippen LogP contribution in [-0.4, -0.2) is 39.7 Å². The molecule has 4 heterocycles. The third-order valence-electron chi connectivity index (χ3n) is 5.72. The van der Waals surface area contributed by atoms with E-state index in [-0.39, 0.29) is 5.91 Å². The van der Waals surface area contributed by atoms with E-state index in [1.807, 2.05) is 9.58 Å². The maximum atomic E-state index is 13.2. The fourth-order valence-corrected chi connectivity index (χ4v) is 4.56. The highest BCUT2D eigenvalue weighted by Gasteiger charge is 2.34. The van der Waals surface area contributed by atoms with Crippen molar-refractivity contribution in [2.24, 2.45) is 0 Å². The maximum Gasteiger partial charge on any atom is 0.257 e. The molecule has 3 aliphatic heterocycles. The van der Waals surface area contributed by atoms with Gasteiger partial charge >= 0.3 is 0 Å². The molecular formula is C19H22N4O. The van der Waals surface area contributed by atoms with Crippen LogP contribution in [0.15, 0.2) is 30.5 Å². The van der Waals surface area contributed by atoms with Gasteiger partial charge in [0.15, 0.2) is 0 Å².